The van der Waals surface area contributed by atoms with Gasteiger partial charge in [-0.1, -0.05) is 6.92 Å². The quantitative estimate of drug-likeness (QED) is 0.687. The number of hydrogen-bond donors (Lipinski definition) is 3. The zero-order chi connectivity index (χ0) is 13.3. The summed E-state index contributed by atoms with van der Waals surface area (Å²) in [7, 11) is 0. The Morgan fingerprint density at radius 2 is 2.11 bits per heavy atom. The van der Waals surface area contributed by atoms with E-state index in [0.717, 1.165) is 25.7 Å². The van der Waals surface area contributed by atoms with Gasteiger partial charge in [0, 0.05) is 18.5 Å². The average Bonchev–Trinajstić information content (AvgIpc) is 2.66. The molecule has 1 aliphatic heterocycles. The van der Waals surface area contributed by atoms with Crippen LogP contribution < -0.4 is 5.32 Å². The van der Waals surface area contributed by atoms with Crippen molar-refractivity contribution in [3.63, 3.8) is 0 Å². The van der Waals surface area contributed by atoms with Gasteiger partial charge in [0.1, 0.15) is 6.04 Å². The van der Waals surface area contributed by atoms with E-state index in [9.17, 15) is 14.7 Å². The summed E-state index contributed by atoms with van der Waals surface area (Å²) in [4.78, 5) is 24.4. The lowest BCUT2D eigenvalue weighted by atomic mass is 9.75. The maximum Gasteiger partial charge on any atom is 0.326 e. The molecule has 1 saturated carbocycles. The number of aliphatic hydroxyl groups is 1. The van der Waals surface area contributed by atoms with Crippen molar-refractivity contribution in [1.82, 2.24) is 10.2 Å². The van der Waals surface area contributed by atoms with Gasteiger partial charge in [-0.15, -0.1) is 0 Å². The van der Waals surface area contributed by atoms with E-state index in [-0.39, 0.29) is 24.5 Å². The molecule has 0 radical (unpaired) electrons. The van der Waals surface area contributed by atoms with Crippen molar-refractivity contribution >= 4 is 12.0 Å². The van der Waals surface area contributed by atoms with Crippen LogP contribution in [0.3, 0.4) is 0 Å². The number of nitrogens with zero attached hydrogens (tertiary/aromatic N) is 1. The van der Waals surface area contributed by atoms with Gasteiger partial charge in [0.05, 0.1) is 6.10 Å². The van der Waals surface area contributed by atoms with Crippen LogP contribution in [0.15, 0.2) is 0 Å². The van der Waals surface area contributed by atoms with E-state index >= 15 is 0 Å². The predicted molar refractivity (Wildman–Crippen MR) is 64.2 cm³/mol. The van der Waals surface area contributed by atoms with E-state index in [1.54, 1.807) is 0 Å². The van der Waals surface area contributed by atoms with E-state index in [4.69, 9.17) is 5.11 Å². The fourth-order valence-electron chi connectivity index (χ4n) is 2.74. The first-order valence-corrected chi connectivity index (χ1v) is 6.47. The smallest absolute Gasteiger partial charge is 0.326 e. The molecule has 6 heteroatoms. The molecule has 2 fully saturated rings. The van der Waals surface area contributed by atoms with Crippen LogP contribution >= 0.6 is 0 Å². The topological polar surface area (TPSA) is 89.9 Å². The Labute approximate surface area is 106 Å². The Morgan fingerprint density at radius 1 is 1.44 bits per heavy atom. The molecule has 1 saturated heterocycles. The number of hydrogen-bond acceptors (Lipinski definition) is 3. The van der Waals surface area contributed by atoms with E-state index in [1.165, 1.54) is 4.90 Å². The second-order valence-corrected chi connectivity index (χ2v) is 5.31. The summed E-state index contributed by atoms with van der Waals surface area (Å²) in [6, 6.07) is -1.27. The van der Waals surface area contributed by atoms with Crippen LogP contribution in [0, 0.1) is 0 Å². The monoisotopic (exact) mass is 256 g/mol. The minimum Gasteiger partial charge on any atom is -0.480 e. The number of aliphatic hydroxyl groups excluding tert-OH is 1. The Hall–Kier alpha value is -1.30. The van der Waals surface area contributed by atoms with E-state index in [0.29, 0.717) is 0 Å². The molecule has 3 N–H and O–H groups in total. The first kappa shape index (κ1) is 13.1. The summed E-state index contributed by atoms with van der Waals surface area (Å²) in [5, 5.41) is 21.5. The number of carboxylic acids is 1. The van der Waals surface area contributed by atoms with Gasteiger partial charge in [-0.3, -0.25) is 0 Å². The molecule has 0 unspecified atom stereocenters. The van der Waals surface area contributed by atoms with Gasteiger partial charge in [-0.05, 0) is 25.7 Å². The number of carbonyl (C=O) groups excluding carboxylic acids is 1. The summed E-state index contributed by atoms with van der Waals surface area (Å²) in [6.07, 6.45) is 3.22. The van der Waals surface area contributed by atoms with Crippen molar-refractivity contribution in [2.75, 3.05) is 6.54 Å². The molecule has 2 aliphatic rings. The summed E-state index contributed by atoms with van der Waals surface area (Å²) >= 11 is 0. The van der Waals surface area contributed by atoms with Gasteiger partial charge < -0.3 is 20.4 Å². The highest BCUT2D eigenvalue weighted by atomic mass is 16.4. The Balaban J connectivity index is 2.01. The number of amides is 2. The van der Waals surface area contributed by atoms with Crippen molar-refractivity contribution in [2.24, 2.45) is 0 Å². The molecule has 2 rings (SSSR count). The minimum absolute atomic E-state index is 0.0998. The minimum atomic E-state index is -1.05. The maximum absolute atomic E-state index is 12.1. The van der Waals surface area contributed by atoms with Crippen LogP contribution in [0.4, 0.5) is 4.79 Å². The van der Waals surface area contributed by atoms with Crippen LogP contribution in [0.5, 0.6) is 0 Å². The molecule has 0 aromatic carbocycles. The van der Waals surface area contributed by atoms with Crippen LogP contribution in [0.1, 0.15) is 39.0 Å². The highest BCUT2D eigenvalue weighted by Gasteiger charge is 2.43. The third-order valence-electron chi connectivity index (χ3n) is 4.18. The third kappa shape index (κ3) is 2.29. The van der Waals surface area contributed by atoms with Crippen molar-refractivity contribution in [3.8, 4) is 0 Å². The molecular formula is C12H20N2O4. The van der Waals surface area contributed by atoms with Crippen LogP contribution in [0.2, 0.25) is 0 Å². The lowest BCUT2D eigenvalue weighted by Gasteiger charge is -2.43. The number of rotatable bonds is 3. The van der Waals surface area contributed by atoms with E-state index in [1.807, 2.05) is 6.92 Å². The molecule has 1 heterocycles. The molecule has 1 aliphatic carbocycles. The fourth-order valence-corrected chi connectivity index (χ4v) is 2.74. The van der Waals surface area contributed by atoms with Gasteiger partial charge >= 0.3 is 12.0 Å². The van der Waals surface area contributed by atoms with Crippen molar-refractivity contribution in [1.29, 1.82) is 0 Å². The molecule has 102 valence electrons. The van der Waals surface area contributed by atoms with Gasteiger partial charge in [0.2, 0.25) is 0 Å². The maximum atomic E-state index is 12.1. The second-order valence-electron chi connectivity index (χ2n) is 5.31. The highest BCUT2D eigenvalue weighted by molar-refractivity contribution is 5.84. The third-order valence-corrected chi connectivity index (χ3v) is 4.18. The second kappa shape index (κ2) is 4.76. The molecule has 0 aromatic heterocycles. The first-order chi connectivity index (χ1) is 8.47. The summed E-state index contributed by atoms with van der Waals surface area (Å²) in [5.74, 6) is -1.05. The zero-order valence-corrected chi connectivity index (χ0v) is 10.6. The molecule has 0 spiro atoms. The molecule has 0 bridgehead atoms. The number of urea groups is 1. The van der Waals surface area contributed by atoms with Crippen molar-refractivity contribution in [2.45, 2.75) is 56.7 Å². The Kier molecular flexibility index (Phi) is 3.47. The number of nitrogens with one attached hydrogen (secondary N) is 1. The fraction of sp³-hybridized carbons (Fsp3) is 0.833. The predicted octanol–water partition coefficient (Wildman–Crippen LogP) is 0.548. The molecule has 6 nitrogen and oxygen atoms in total. The van der Waals surface area contributed by atoms with E-state index < -0.39 is 18.1 Å². The van der Waals surface area contributed by atoms with Crippen LogP contribution in [-0.4, -0.2) is 51.3 Å². The lowest BCUT2D eigenvalue weighted by molar-refractivity contribution is -0.141. The number of β-amino-alcohol motifs (C(OH)–C–C–N with tert-alkyl or cyclic N) is 1. The highest BCUT2D eigenvalue weighted by Crippen LogP contribution is 2.35. The normalized spacial score (nSPS) is 29.8. The van der Waals surface area contributed by atoms with Crippen molar-refractivity contribution < 1.29 is 19.8 Å². The average molecular weight is 256 g/mol. The lowest BCUT2D eigenvalue weighted by Crippen LogP contribution is -2.58. The van der Waals surface area contributed by atoms with Crippen LogP contribution in [0.25, 0.3) is 0 Å². The molecule has 2 atom stereocenters. The van der Waals surface area contributed by atoms with Gasteiger partial charge in [0.15, 0.2) is 0 Å². The molecule has 0 aromatic rings. The number of aliphatic carboxylic acids is 1. The largest absolute Gasteiger partial charge is 0.480 e. The van der Waals surface area contributed by atoms with Gasteiger partial charge in [-0.2, -0.15) is 0 Å². The van der Waals surface area contributed by atoms with Gasteiger partial charge in [-0.25, -0.2) is 9.59 Å². The SMILES string of the molecule is CCC1(NC(=O)N2C[C@@H](O)C[C@H]2C(=O)O)CCC1. The molecule has 2 amide bonds. The zero-order valence-electron chi connectivity index (χ0n) is 10.6. The number of carbonyl (C=O) groups is 2. The van der Waals surface area contributed by atoms with Crippen LogP contribution in [-0.2, 0) is 4.79 Å². The van der Waals surface area contributed by atoms with Gasteiger partial charge in [0.25, 0.3) is 0 Å². The standard InChI is InChI=1S/C12H20N2O4/c1-2-12(4-3-5-12)13-11(18)14-7-8(15)6-9(14)10(16)17/h8-9,15H,2-7H2,1H3,(H,13,18)(H,16,17)/t8-,9-/m0/s1. The number of carboxylic acid groups (broad SMARTS) is 1. The Bertz CT molecular complexity index is 348. The molecular weight excluding hydrogens is 236 g/mol. The first-order valence-electron chi connectivity index (χ1n) is 6.47. The summed E-state index contributed by atoms with van der Waals surface area (Å²) in [5.41, 5.74) is -0.159. The number of likely N-dealkylation sites (tertiary alicyclic amines) is 1. The van der Waals surface area contributed by atoms with E-state index in [2.05, 4.69) is 5.32 Å². The molecule has 18 heavy (non-hydrogen) atoms. The van der Waals surface area contributed by atoms with Crippen molar-refractivity contribution in [3.05, 3.63) is 0 Å². The Morgan fingerprint density at radius 3 is 2.56 bits per heavy atom. The summed E-state index contributed by atoms with van der Waals surface area (Å²) < 4.78 is 0. The summed E-state index contributed by atoms with van der Waals surface area (Å²) in [6.45, 7) is 2.12.